The van der Waals surface area contributed by atoms with Gasteiger partial charge in [0.2, 0.25) is 0 Å². The number of fused-ring (bicyclic) bond motifs is 4. The van der Waals surface area contributed by atoms with Crippen LogP contribution in [0.4, 0.5) is 68.2 Å². The minimum absolute atomic E-state index is 0.0864. The van der Waals surface area contributed by atoms with Gasteiger partial charge in [-0.15, -0.1) is 0 Å². The Balaban J connectivity index is 0.000000157. The Bertz CT molecular complexity index is 6100. The topological polar surface area (TPSA) is 13.0 Å². The van der Waals surface area contributed by atoms with Gasteiger partial charge in [-0.05, 0) is 219 Å². The molecule has 19 rings (SSSR count). The lowest BCUT2D eigenvalue weighted by Crippen LogP contribution is -2.14. The van der Waals surface area contributed by atoms with E-state index in [1.807, 2.05) is 0 Å². The Labute approximate surface area is 645 Å². The summed E-state index contributed by atoms with van der Waals surface area (Å²) in [5.41, 5.74) is 21.2. The zero-order chi connectivity index (χ0) is 74.5. The second kappa shape index (κ2) is 28.6. The quantitative estimate of drug-likeness (QED) is 0.0795. The lowest BCUT2D eigenvalue weighted by molar-refractivity contribution is 0.590. The minimum atomic E-state index is 0.0864. The molecule has 0 aliphatic carbocycles. The molecule has 0 atom stereocenters. The van der Waals surface area contributed by atoms with Gasteiger partial charge < -0.3 is 19.6 Å². The molecule has 528 valence electrons. The highest BCUT2D eigenvalue weighted by atomic mass is 15.2. The number of para-hydroxylation sites is 4. The van der Waals surface area contributed by atoms with E-state index in [-0.39, 0.29) is 10.8 Å². The highest BCUT2D eigenvalue weighted by molar-refractivity contribution is 6.28. The van der Waals surface area contributed by atoms with Crippen LogP contribution in [-0.4, -0.2) is 0 Å². The fourth-order valence-corrected chi connectivity index (χ4v) is 16.5. The molecule has 0 aliphatic heterocycles. The maximum Gasteiger partial charge on any atom is 0.0540 e. The van der Waals surface area contributed by atoms with Crippen molar-refractivity contribution in [3.8, 4) is 22.3 Å². The zero-order valence-corrected chi connectivity index (χ0v) is 62.9. The summed E-state index contributed by atoms with van der Waals surface area (Å²) in [4.78, 5) is 9.64. The molecule has 0 amide bonds. The molecule has 0 bridgehead atoms. The van der Waals surface area contributed by atoms with Crippen molar-refractivity contribution in [2.45, 2.75) is 52.4 Å². The summed E-state index contributed by atoms with van der Waals surface area (Å²) in [5, 5.41) is 17.2. The summed E-state index contributed by atoms with van der Waals surface area (Å²) in [6, 6.07) is 146. The highest BCUT2D eigenvalue weighted by Gasteiger charge is 2.27. The van der Waals surface area contributed by atoms with E-state index >= 15 is 0 Å². The molecular formula is C106H84N4. The summed E-state index contributed by atoms with van der Waals surface area (Å²) < 4.78 is 0. The van der Waals surface area contributed by atoms with E-state index in [0.29, 0.717) is 0 Å². The van der Waals surface area contributed by atoms with Gasteiger partial charge in [-0.2, -0.15) is 0 Å². The Morgan fingerprint density at radius 1 is 0.173 bits per heavy atom. The van der Waals surface area contributed by atoms with Crippen molar-refractivity contribution in [2.75, 3.05) is 19.6 Å². The van der Waals surface area contributed by atoms with Crippen LogP contribution in [0.2, 0.25) is 0 Å². The molecule has 19 aromatic rings. The standard InChI is InChI=1S/C58H40N2.C48H44N2/c1-5-21-43(22-6-1)57-51-37-35-48(60(46-29-11-4-12-30-46)56-34-18-26-42-20-14-16-32-50(42)56)40-54(51)58(44-23-7-2-8-24-44)52-38-36-47(39-53(52)57)59(45-27-9-3-10-28-45)55-33-17-25-41-19-13-15-31-49(41)55;1-47(2,3)35-21-25-39(26-22-35)49(37-13-9-7-10-14-37)43-31-19-33-18-30-42-44(32-20-34-17-29-41(43)45(33)46(34)42)50(38-15-11-8-12-16-38)40-27-23-36(24-28-40)48(4,5)6/h1-40H;7-32H,1-6H3. The Kier molecular flexibility index (Phi) is 17.8. The summed E-state index contributed by atoms with van der Waals surface area (Å²) in [5.74, 6) is 0. The predicted octanol–water partition coefficient (Wildman–Crippen LogP) is 30.7. The molecule has 0 saturated heterocycles. The van der Waals surface area contributed by atoms with E-state index in [2.05, 4.69) is 462 Å². The normalized spacial score (nSPS) is 11.7. The van der Waals surface area contributed by atoms with Crippen LogP contribution in [0.15, 0.2) is 400 Å². The summed E-state index contributed by atoms with van der Waals surface area (Å²) in [6.45, 7) is 13.6. The smallest absolute Gasteiger partial charge is 0.0540 e. The number of nitrogens with zero attached hydrogens (tertiary/aromatic N) is 4. The molecule has 4 heteroatoms. The van der Waals surface area contributed by atoms with Gasteiger partial charge in [-0.25, -0.2) is 0 Å². The van der Waals surface area contributed by atoms with Crippen LogP contribution in [-0.2, 0) is 10.8 Å². The van der Waals surface area contributed by atoms with Crippen LogP contribution in [0.1, 0.15) is 52.7 Å². The van der Waals surface area contributed by atoms with Crippen molar-refractivity contribution < 1.29 is 0 Å². The molecule has 0 aromatic heterocycles. The van der Waals surface area contributed by atoms with Gasteiger partial charge in [-0.3, -0.25) is 0 Å². The fourth-order valence-electron chi connectivity index (χ4n) is 16.5. The largest absolute Gasteiger partial charge is 0.310 e. The lowest BCUT2D eigenvalue weighted by Gasteiger charge is -2.30. The van der Waals surface area contributed by atoms with Gasteiger partial charge >= 0.3 is 0 Å². The van der Waals surface area contributed by atoms with Crippen LogP contribution >= 0.6 is 0 Å². The van der Waals surface area contributed by atoms with E-state index in [1.165, 1.54) is 120 Å². The highest BCUT2D eigenvalue weighted by Crippen LogP contribution is 2.52. The predicted molar refractivity (Wildman–Crippen MR) is 474 cm³/mol. The first-order valence-corrected chi connectivity index (χ1v) is 38.3. The van der Waals surface area contributed by atoms with E-state index in [1.54, 1.807) is 0 Å². The Hall–Kier alpha value is -13.5. The number of hydrogen-bond acceptors (Lipinski definition) is 4. The lowest BCUT2D eigenvalue weighted by atomic mass is 9.85. The van der Waals surface area contributed by atoms with Crippen LogP contribution in [0, 0.1) is 0 Å². The van der Waals surface area contributed by atoms with Crippen molar-refractivity contribution in [1.82, 2.24) is 0 Å². The molecule has 110 heavy (non-hydrogen) atoms. The summed E-state index contributed by atoms with van der Waals surface area (Å²) in [6.07, 6.45) is 0. The molecule has 0 saturated carbocycles. The number of rotatable bonds is 14. The van der Waals surface area contributed by atoms with Crippen molar-refractivity contribution in [1.29, 1.82) is 0 Å². The molecule has 0 spiro atoms. The maximum atomic E-state index is 2.42. The molecule has 0 N–H and O–H groups in total. The van der Waals surface area contributed by atoms with Crippen LogP contribution in [0.5, 0.6) is 0 Å². The summed E-state index contributed by atoms with van der Waals surface area (Å²) in [7, 11) is 0. The first-order valence-electron chi connectivity index (χ1n) is 38.3. The SMILES string of the molecule is CC(C)(C)c1ccc(N(c2ccccc2)c2ccc3ccc4c(N(c5ccccc5)c5ccc(C(C)(C)C)cc5)ccc5ccc2c3c54)cc1.c1ccc(-c2c3ccc(N(c4ccccc4)c4cccc5ccccc45)cc3c(-c3ccccc3)c3ccc(N(c4ccccc4)c4cccc5ccccc45)cc23)cc1. The van der Waals surface area contributed by atoms with Crippen LogP contribution in [0.25, 0.3) is 97.7 Å². The maximum absolute atomic E-state index is 2.42. The number of hydrogen-bond donors (Lipinski definition) is 0. The van der Waals surface area contributed by atoms with Gasteiger partial charge in [0.25, 0.3) is 0 Å². The van der Waals surface area contributed by atoms with E-state index < -0.39 is 0 Å². The fraction of sp³-hybridized carbons (Fsp3) is 0.0755. The first kappa shape index (κ1) is 68.3. The van der Waals surface area contributed by atoms with Gasteiger partial charge in [0.1, 0.15) is 0 Å². The van der Waals surface area contributed by atoms with Crippen LogP contribution < -0.4 is 19.6 Å². The zero-order valence-electron chi connectivity index (χ0n) is 62.9. The average Bonchev–Trinajstić information content (AvgIpc) is 0.725. The van der Waals surface area contributed by atoms with Crippen molar-refractivity contribution >= 4 is 144 Å². The molecule has 0 aliphatic rings. The van der Waals surface area contributed by atoms with Gasteiger partial charge in [0, 0.05) is 67.0 Å². The molecule has 4 nitrogen and oxygen atoms in total. The molecule has 0 heterocycles. The molecule has 0 unspecified atom stereocenters. The molecule has 0 fully saturated rings. The third-order valence-corrected chi connectivity index (χ3v) is 21.9. The van der Waals surface area contributed by atoms with Gasteiger partial charge in [0.15, 0.2) is 0 Å². The third kappa shape index (κ3) is 12.7. The number of anilines is 12. The first-order chi connectivity index (χ1) is 53.9. The average molecular weight is 1410 g/mol. The minimum Gasteiger partial charge on any atom is -0.310 e. The Morgan fingerprint density at radius 3 is 0.782 bits per heavy atom. The third-order valence-electron chi connectivity index (χ3n) is 21.9. The van der Waals surface area contributed by atoms with Gasteiger partial charge in [0.05, 0.1) is 22.7 Å². The monoisotopic (exact) mass is 1410 g/mol. The summed E-state index contributed by atoms with van der Waals surface area (Å²) >= 11 is 0. The van der Waals surface area contributed by atoms with Crippen molar-refractivity contribution in [3.63, 3.8) is 0 Å². The van der Waals surface area contributed by atoms with E-state index in [9.17, 15) is 0 Å². The van der Waals surface area contributed by atoms with Crippen LogP contribution in [0.3, 0.4) is 0 Å². The molecular weight excluding hydrogens is 1330 g/mol. The molecule has 19 aromatic carbocycles. The van der Waals surface area contributed by atoms with Gasteiger partial charge in [-0.1, -0.05) is 321 Å². The van der Waals surface area contributed by atoms with Crippen molar-refractivity contribution in [3.05, 3.63) is 412 Å². The van der Waals surface area contributed by atoms with E-state index in [0.717, 1.165) is 56.9 Å². The number of benzene rings is 19. The second-order valence-corrected chi connectivity index (χ2v) is 30.8. The van der Waals surface area contributed by atoms with E-state index in [4.69, 9.17) is 0 Å². The van der Waals surface area contributed by atoms with Crippen molar-refractivity contribution in [2.24, 2.45) is 0 Å². The second-order valence-electron chi connectivity index (χ2n) is 30.8. The molecule has 0 radical (unpaired) electrons. The Morgan fingerprint density at radius 2 is 0.436 bits per heavy atom.